The van der Waals surface area contributed by atoms with Crippen molar-refractivity contribution in [2.24, 2.45) is 5.92 Å². The lowest BCUT2D eigenvalue weighted by Crippen LogP contribution is -2.38. The van der Waals surface area contributed by atoms with Crippen molar-refractivity contribution in [1.82, 2.24) is 9.88 Å². The SMILES string of the molecule is CC(=O)N1CCCC(C#Cc2c(Cl)ccnc2NC(=O)OC(C)(C)C)C1. The molecule has 1 fully saturated rings. The number of hydrogen-bond acceptors (Lipinski definition) is 4. The summed E-state index contributed by atoms with van der Waals surface area (Å²) in [5.74, 6) is 6.58. The van der Waals surface area contributed by atoms with Gasteiger partial charge in [0.25, 0.3) is 0 Å². The topological polar surface area (TPSA) is 71.5 Å². The summed E-state index contributed by atoms with van der Waals surface area (Å²) in [4.78, 5) is 29.5. The quantitative estimate of drug-likeness (QED) is 0.757. The maximum atomic E-state index is 12.0. The number of ether oxygens (including phenoxy) is 1. The fourth-order valence-electron chi connectivity index (χ4n) is 2.61. The van der Waals surface area contributed by atoms with Crippen molar-refractivity contribution in [1.29, 1.82) is 0 Å². The molecular weight excluding hydrogens is 354 g/mol. The number of pyridine rings is 1. The smallest absolute Gasteiger partial charge is 0.413 e. The van der Waals surface area contributed by atoms with Crippen LogP contribution in [0.5, 0.6) is 0 Å². The van der Waals surface area contributed by atoms with E-state index in [1.54, 1.807) is 38.7 Å². The van der Waals surface area contributed by atoms with Crippen molar-refractivity contribution >= 4 is 29.4 Å². The molecule has 0 saturated carbocycles. The first-order chi connectivity index (χ1) is 12.2. The second-order valence-electron chi connectivity index (χ2n) is 7.22. The molecule has 6 nitrogen and oxygen atoms in total. The van der Waals surface area contributed by atoms with Crippen molar-refractivity contribution in [3.63, 3.8) is 0 Å². The molecule has 0 spiro atoms. The van der Waals surface area contributed by atoms with E-state index in [0.29, 0.717) is 17.1 Å². The van der Waals surface area contributed by atoms with Gasteiger partial charge in [-0.05, 0) is 39.7 Å². The molecule has 1 atom stereocenters. The Morgan fingerprint density at radius 2 is 2.15 bits per heavy atom. The molecule has 1 aliphatic rings. The Kier molecular flexibility index (Phi) is 6.49. The number of piperidine rings is 1. The minimum atomic E-state index is -0.618. The average molecular weight is 378 g/mol. The third-order valence-corrected chi connectivity index (χ3v) is 4.10. The second-order valence-corrected chi connectivity index (χ2v) is 7.62. The van der Waals surface area contributed by atoms with E-state index in [-0.39, 0.29) is 17.6 Å². The highest BCUT2D eigenvalue weighted by atomic mass is 35.5. The third-order valence-electron chi connectivity index (χ3n) is 3.79. The van der Waals surface area contributed by atoms with Crippen molar-refractivity contribution in [2.75, 3.05) is 18.4 Å². The lowest BCUT2D eigenvalue weighted by molar-refractivity contribution is -0.130. The van der Waals surface area contributed by atoms with Crippen LogP contribution in [0.1, 0.15) is 46.1 Å². The zero-order valence-corrected chi connectivity index (χ0v) is 16.3. The molecule has 0 aromatic carbocycles. The molecule has 1 saturated heterocycles. The molecule has 26 heavy (non-hydrogen) atoms. The predicted molar refractivity (Wildman–Crippen MR) is 101 cm³/mol. The zero-order valence-electron chi connectivity index (χ0n) is 15.6. The van der Waals surface area contributed by atoms with Crippen LogP contribution in [0.2, 0.25) is 5.02 Å². The molecule has 2 heterocycles. The highest BCUT2D eigenvalue weighted by Gasteiger charge is 2.21. The fourth-order valence-corrected chi connectivity index (χ4v) is 2.80. The number of halogens is 1. The highest BCUT2D eigenvalue weighted by Crippen LogP contribution is 2.23. The van der Waals surface area contributed by atoms with E-state index in [1.165, 1.54) is 6.20 Å². The van der Waals surface area contributed by atoms with Gasteiger partial charge in [0.15, 0.2) is 5.82 Å². The fraction of sp³-hybridized carbons (Fsp3) is 0.526. The first-order valence-electron chi connectivity index (χ1n) is 8.57. The summed E-state index contributed by atoms with van der Waals surface area (Å²) in [5.41, 5.74) is -0.174. The van der Waals surface area contributed by atoms with Gasteiger partial charge in [0.05, 0.1) is 10.6 Å². The number of likely N-dealkylation sites (tertiary alicyclic amines) is 1. The van der Waals surface area contributed by atoms with E-state index in [4.69, 9.17) is 16.3 Å². The summed E-state index contributed by atoms with van der Waals surface area (Å²) in [6, 6.07) is 1.62. The van der Waals surface area contributed by atoms with Crippen molar-refractivity contribution in [2.45, 2.75) is 46.1 Å². The molecule has 1 unspecified atom stereocenters. The predicted octanol–water partition coefficient (Wildman–Crippen LogP) is 3.69. The molecule has 1 aromatic heterocycles. The maximum Gasteiger partial charge on any atom is 0.413 e. The zero-order chi connectivity index (χ0) is 19.3. The molecule has 0 bridgehead atoms. The molecule has 2 rings (SSSR count). The first kappa shape index (κ1) is 20.1. The molecular formula is C19H24ClN3O3. The number of carbonyl (C=O) groups excluding carboxylic acids is 2. The summed E-state index contributed by atoms with van der Waals surface area (Å²) in [6.07, 6.45) is 2.72. The number of amides is 2. The normalized spacial score (nSPS) is 17.1. The molecule has 140 valence electrons. The van der Waals surface area contributed by atoms with E-state index in [1.807, 2.05) is 0 Å². The molecule has 7 heteroatoms. The van der Waals surface area contributed by atoms with Gasteiger partial charge in [0.2, 0.25) is 5.91 Å². The monoisotopic (exact) mass is 377 g/mol. The number of hydrogen-bond donors (Lipinski definition) is 1. The Morgan fingerprint density at radius 1 is 1.42 bits per heavy atom. The first-order valence-corrected chi connectivity index (χ1v) is 8.95. The van der Waals surface area contributed by atoms with Crippen LogP contribution < -0.4 is 5.32 Å². The number of carbonyl (C=O) groups is 2. The van der Waals surface area contributed by atoms with Crippen LogP contribution in [-0.2, 0) is 9.53 Å². The number of aromatic nitrogens is 1. The van der Waals surface area contributed by atoms with Crippen LogP contribution >= 0.6 is 11.6 Å². The standard InChI is InChI=1S/C19H24ClN3O3/c1-13(24)23-11-5-6-14(12-23)7-8-15-16(20)9-10-21-17(15)22-18(25)26-19(2,3)4/h9-10,14H,5-6,11-12H2,1-4H3,(H,21,22,25). The summed E-state index contributed by atoms with van der Waals surface area (Å²) in [5, 5.41) is 3.00. The molecule has 0 radical (unpaired) electrons. The second kappa shape index (κ2) is 8.41. The van der Waals surface area contributed by atoms with Gasteiger partial charge in [0.1, 0.15) is 5.60 Å². The summed E-state index contributed by atoms with van der Waals surface area (Å²) in [7, 11) is 0. The Labute approximate surface area is 159 Å². The van der Waals surface area contributed by atoms with E-state index in [9.17, 15) is 9.59 Å². The van der Waals surface area contributed by atoms with E-state index < -0.39 is 11.7 Å². The van der Waals surface area contributed by atoms with Crippen LogP contribution in [0.15, 0.2) is 12.3 Å². The number of nitrogens with one attached hydrogen (secondary N) is 1. The van der Waals surface area contributed by atoms with E-state index >= 15 is 0 Å². The van der Waals surface area contributed by atoms with Crippen LogP contribution in [0.4, 0.5) is 10.6 Å². The van der Waals surface area contributed by atoms with Crippen LogP contribution in [0.25, 0.3) is 0 Å². The van der Waals surface area contributed by atoms with Crippen LogP contribution in [0, 0.1) is 17.8 Å². The Balaban J connectivity index is 2.17. The maximum absolute atomic E-state index is 12.0. The average Bonchev–Trinajstić information content (AvgIpc) is 2.52. The van der Waals surface area contributed by atoms with E-state index in [0.717, 1.165) is 19.4 Å². The van der Waals surface area contributed by atoms with Gasteiger partial charge in [-0.25, -0.2) is 9.78 Å². The highest BCUT2D eigenvalue weighted by molar-refractivity contribution is 6.32. The van der Waals surface area contributed by atoms with Gasteiger partial charge < -0.3 is 9.64 Å². The van der Waals surface area contributed by atoms with Gasteiger partial charge in [-0.3, -0.25) is 10.1 Å². The van der Waals surface area contributed by atoms with Gasteiger partial charge in [-0.1, -0.05) is 23.4 Å². The molecule has 2 amide bonds. The Bertz CT molecular complexity index is 747. The number of nitrogens with zero attached hydrogens (tertiary/aromatic N) is 2. The third kappa shape index (κ3) is 5.92. The summed E-state index contributed by atoms with van der Waals surface area (Å²) >= 11 is 6.24. The van der Waals surface area contributed by atoms with E-state index in [2.05, 4.69) is 22.1 Å². The largest absolute Gasteiger partial charge is 0.444 e. The number of anilines is 1. The lowest BCUT2D eigenvalue weighted by atomic mass is 9.98. The molecule has 1 N–H and O–H groups in total. The van der Waals surface area contributed by atoms with Gasteiger partial charge >= 0.3 is 6.09 Å². The van der Waals surface area contributed by atoms with Gasteiger partial charge in [0, 0.05) is 32.1 Å². The van der Waals surface area contributed by atoms with Crippen LogP contribution in [0.3, 0.4) is 0 Å². The Morgan fingerprint density at radius 3 is 2.81 bits per heavy atom. The van der Waals surface area contributed by atoms with Crippen LogP contribution in [-0.4, -0.2) is 40.6 Å². The van der Waals surface area contributed by atoms with Crippen molar-refractivity contribution < 1.29 is 14.3 Å². The number of rotatable bonds is 1. The lowest BCUT2D eigenvalue weighted by Gasteiger charge is -2.29. The van der Waals surface area contributed by atoms with Crippen molar-refractivity contribution in [3.05, 3.63) is 22.8 Å². The minimum Gasteiger partial charge on any atom is -0.444 e. The summed E-state index contributed by atoms with van der Waals surface area (Å²) < 4.78 is 5.25. The van der Waals surface area contributed by atoms with Gasteiger partial charge in [-0.15, -0.1) is 0 Å². The van der Waals surface area contributed by atoms with Gasteiger partial charge in [-0.2, -0.15) is 0 Å². The molecule has 1 aromatic rings. The van der Waals surface area contributed by atoms with Crippen molar-refractivity contribution in [3.8, 4) is 11.8 Å². The molecule has 0 aliphatic carbocycles. The minimum absolute atomic E-state index is 0.0585. The molecule has 1 aliphatic heterocycles. The Hall–Kier alpha value is -2.26. The summed E-state index contributed by atoms with van der Waals surface area (Å²) in [6.45, 7) is 8.28.